The zero-order valence-electron chi connectivity index (χ0n) is 10.3. The topological polar surface area (TPSA) is 35.8 Å². The van der Waals surface area contributed by atoms with Crippen LogP contribution in [-0.2, 0) is 0 Å². The Morgan fingerprint density at radius 3 is 2.69 bits per heavy atom. The summed E-state index contributed by atoms with van der Waals surface area (Å²) >= 11 is 0. The van der Waals surface area contributed by atoms with Gasteiger partial charge in [0.2, 0.25) is 0 Å². The fraction of sp³-hybridized carbons (Fsp3) is 0.615. The van der Waals surface area contributed by atoms with Gasteiger partial charge in [-0.05, 0) is 32.3 Å². The first kappa shape index (κ1) is 13.1. The summed E-state index contributed by atoms with van der Waals surface area (Å²) in [7, 11) is 0. The van der Waals surface area contributed by atoms with E-state index in [0.29, 0.717) is 0 Å². The lowest BCUT2D eigenvalue weighted by atomic mass is 10.1. The summed E-state index contributed by atoms with van der Waals surface area (Å²) in [6, 6.07) is 0. The van der Waals surface area contributed by atoms with Crippen LogP contribution in [0.3, 0.4) is 0 Å². The van der Waals surface area contributed by atoms with Crippen LogP contribution in [0.2, 0.25) is 0 Å². The second-order valence-electron chi connectivity index (χ2n) is 4.35. The quantitative estimate of drug-likeness (QED) is 0.738. The Balaban J connectivity index is 2.32. The van der Waals surface area contributed by atoms with E-state index in [9.17, 15) is 5.11 Å². The molecular formula is C13H22N2O. The molecule has 0 amide bonds. The highest BCUT2D eigenvalue weighted by molar-refractivity contribution is 5.78. The maximum Gasteiger partial charge on any atom is 0.0564 e. The standard InChI is InChI=1S/C13H22N2O/c1-4-12(3)14-9-11(2)10-15-7-5-13(16)6-8-15/h4,9,13,16H,2,5-8,10H2,1,3H3/b12-4-,14-9?. The molecule has 0 saturated carbocycles. The van der Waals surface area contributed by atoms with Crippen LogP contribution in [0.25, 0.3) is 0 Å². The highest BCUT2D eigenvalue weighted by Crippen LogP contribution is 2.10. The van der Waals surface area contributed by atoms with Gasteiger partial charge in [-0.1, -0.05) is 12.7 Å². The molecule has 0 spiro atoms. The highest BCUT2D eigenvalue weighted by Gasteiger charge is 2.16. The van der Waals surface area contributed by atoms with Gasteiger partial charge in [-0.2, -0.15) is 0 Å². The van der Waals surface area contributed by atoms with Gasteiger partial charge in [-0.25, -0.2) is 0 Å². The summed E-state index contributed by atoms with van der Waals surface area (Å²) in [5.41, 5.74) is 2.04. The van der Waals surface area contributed by atoms with Gasteiger partial charge in [0.15, 0.2) is 0 Å². The molecule has 1 aliphatic heterocycles. The van der Waals surface area contributed by atoms with E-state index in [1.54, 1.807) is 0 Å². The zero-order valence-corrected chi connectivity index (χ0v) is 10.3. The first-order valence-electron chi connectivity index (χ1n) is 5.87. The molecule has 1 saturated heterocycles. The van der Waals surface area contributed by atoms with Crippen LogP contribution in [-0.4, -0.2) is 42.0 Å². The summed E-state index contributed by atoms with van der Waals surface area (Å²) in [5.74, 6) is 0. The number of aliphatic hydroxyl groups excluding tert-OH is 1. The molecule has 0 radical (unpaired) electrons. The van der Waals surface area contributed by atoms with Crippen LogP contribution in [0.15, 0.2) is 28.9 Å². The van der Waals surface area contributed by atoms with Gasteiger partial charge >= 0.3 is 0 Å². The van der Waals surface area contributed by atoms with E-state index in [4.69, 9.17) is 0 Å². The third kappa shape index (κ3) is 4.73. The van der Waals surface area contributed by atoms with Crippen LogP contribution in [0.5, 0.6) is 0 Å². The Hall–Kier alpha value is -0.930. The summed E-state index contributed by atoms with van der Waals surface area (Å²) in [5, 5.41) is 9.39. The number of rotatable bonds is 4. The van der Waals surface area contributed by atoms with Crippen molar-refractivity contribution in [1.29, 1.82) is 0 Å². The van der Waals surface area contributed by atoms with E-state index < -0.39 is 0 Å². The molecule has 0 atom stereocenters. The van der Waals surface area contributed by atoms with Crippen LogP contribution in [0.1, 0.15) is 26.7 Å². The predicted molar refractivity (Wildman–Crippen MR) is 68.7 cm³/mol. The second-order valence-corrected chi connectivity index (χ2v) is 4.35. The maximum absolute atomic E-state index is 9.39. The minimum Gasteiger partial charge on any atom is -0.393 e. The lowest BCUT2D eigenvalue weighted by molar-refractivity contribution is 0.0875. The number of allylic oxidation sites excluding steroid dienone is 2. The molecule has 1 heterocycles. The van der Waals surface area contributed by atoms with Crippen molar-refractivity contribution in [2.75, 3.05) is 19.6 Å². The van der Waals surface area contributed by atoms with Gasteiger partial charge in [0.05, 0.1) is 6.10 Å². The molecule has 1 rings (SSSR count). The van der Waals surface area contributed by atoms with Crippen molar-refractivity contribution in [3.8, 4) is 0 Å². The first-order chi connectivity index (χ1) is 7.61. The third-order valence-electron chi connectivity index (χ3n) is 2.85. The van der Waals surface area contributed by atoms with E-state index in [0.717, 1.165) is 43.7 Å². The average Bonchev–Trinajstić information content (AvgIpc) is 2.29. The number of aliphatic imine (C=N–C) groups is 1. The lowest BCUT2D eigenvalue weighted by Crippen LogP contribution is -2.37. The molecule has 0 unspecified atom stereocenters. The Bertz CT molecular complexity index is 286. The number of aliphatic hydroxyl groups is 1. The summed E-state index contributed by atoms with van der Waals surface area (Å²) in [6.45, 7) is 10.7. The molecule has 90 valence electrons. The monoisotopic (exact) mass is 222 g/mol. The van der Waals surface area contributed by atoms with Crippen molar-refractivity contribution >= 4 is 6.21 Å². The molecule has 0 aromatic rings. The van der Waals surface area contributed by atoms with Crippen molar-refractivity contribution in [3.05, 3.63) is 23.9 Å². The highest BCUT2D eigenvalue weighted by atomic mass is 16.3. The fourth-order valence-corrected chi connectivity index (χ4v) is 1.67. The largest absolute Gasteiger partial charge is 0.393 e. The van der Waals surface area contributed by atoms with Crippen LogP contribution < -0.4 is 0 Å². The Kier molecular flexibility index (Phi) is 5.43. The number of piperidine rings is 1. The third-order valence-corrected chi connectivity index (χ3v) is 2.85. The van der Waals surface area contributed by atoms with Crippen LogP contribution in [0.4, 0.5) is 0 Å². The van der Waals surface area contributed by atoms with E-state index in [1.165, 1.54) is 0 Å². The van der Waals surface area contributed by atoms with E-state index >= 15 is 0 Å². The maximum atomic E-state index is 9.39. The second kappa shape index (κ2) is 6.61. The molecule has 3 nitrogen and oxygen atoms in total. The molecule has 0 aromatic heterocycles. The van der Waals surface area contributed by atoms with Crippen molar-refractivity contribution in [3.63, 3.8) is 0 Å². The minimum atomic E-state index is -0.108. The van der Waals surface area contributed by atoms with Gasteiger partial charge in [0, 0.05) is 31.5 Å². The van der Waals surface area contributed by atoms with Crippen LogP contribution in [0, 0.1) is 0 Å². The molecular weight excluding hydrogens is 200 g/mol. The van der Waals surface area contributed by atoms with Gasteiger partial charge in [-0.15, -0.1) is 0 Å². The number of hydrogen-bond donors (Lipinski definition) is 1. The number of nitrogens with zero attached hydrogens (tertiary/aromatic N) is 2. The summed E-state index contributed by atoms with van der Waals surface area (Å²) < 4.78 is 0. The number of hydrogen-bond acceptors (Lipinski definition) is 3. The Morgan fingerprint density at radius 2 is 2.12 bits per heavy atom. The van der Waals surface area contributed by atoms with Crippen LogP contribution >= 0.6 is 0 Å². The molecule has 1 fully saturated rings. The molecule has 1 N–H and O–H groups in total. The van der Waals surface area contributed by atoms with Gasteiger partial charge in [0.25, 0.3) is 0 Å². The smallest absolute Gasteiger partial charge is 0.0564 e. The lowest BCUT2D eigenvalue weighted by Gasteiger charge is -2.29. The van der Waals surface area contributed by atoms with Crippen molar-refractivity contribution < 1.29 is 5.11 Å². The Morgan fingerprint density at radius 1 is 1.50 bits per heavy atom. The summed E-state index contributed by atoms with van der Waals surface area (Å²) in [6.07, 6.45) is 5.45. The Labute approximate surface area is 98.2 Å². The first-order valence-corrected chi connectivity index (χ1v) is 5.87. The normalized spacial score (nSPS) is 20.6. The van der Waals surface area contributed by atoms with Crippen molar-refractivity contribution in [2.24, 2.45) is 4.99 Å². The van der Waals surface area contributed by atoms with Gasteiger partial charge in [0.1, 0.15) is 0 Å². The predicted octanol–water partition coefficient (Wildman–Crippen LogP) is 1.99. The SMILES string of the molecule is C=C(C=N/C(C)=C\C)CN1CCC(O)CC1. The fourth-order valence-electron chi connectivity index (χ4n) is 1.67. The molecule has 0 bridgehead atoms. The van der Waals surface area contributed by atoms with E-state index in [1.807, 2.05) is 26.1 Å². The van der Waals surface area contributed by atoms with E-state index in [2.05, 4.69) is 16.5 Å². The van der Waals surface area contributed by atoms with Gasteiger partial charge < -0.3 is 5.11 Å². The van der Waals surface area contributed by atoms with Crippen molar-refractivity contribution in [2.45, 2.75) is 32.8 Å². The molecule has 16 heavy (non-hydrogen) atoms. The summed E-state index contributed by atoms with van der Waals surface area (Å²) in [4.78, 5) is 6.60. The zero-order chi connectivity index (χ0) is 12.0. The molecule has 3 heteroatoms. The minimum absolute atomic E-state index is 0.108. The van der Waals surface area contributed by atoms with E-state index in [-0.39, 0.29) is 6.10 Å². The molecule has 0 aromatic carbocycles. The van der Waals surface area contributed by atoms with Crippen molar-refractivity contribution in [1.82, 2.24) is 4.90 Å². The average molecular weight is 222 g/mol. The molecule has 1 aliphatic rings. The van der Waals surface area contributed by atoms with Gasteiger partial charge in [-0.3, -0.25) is 9.89 Å². The molecule has 0 aliphatic carbocycles. The number of likely N-dealkylation sites (tertiary alicyclic amines) is 1.